The van der Waals surface area contributed by atoms with E-state index in [1.165, 1.54) is 5.56 Å². The summed E-state index contributed by atoms with van der Waals surface area (Å²) in [5.74, 6) is 0.0876. The molecular weight excluding hydrogens is 252 g/mol. The van der Waals surface area contributed by atoms with Crippen LogP contribution in [-0.2, 0) is 11.3 Å². The van der Waals surface area contributed by atoms with Gasteiger partial charge in [-0.15, -0.1) is 0 Å². The van der Waals surface area contributed by atoms with Crippen LogP contribution in [0.1, 0.15) is 25.3 Å². The Hall–Kier alpha value is -1.39. The second kappa shape index (κ2) is 6.86. The summed E-state index contributed by atoms with van der Waals surface area (Å²) >= 11 is 0. The third kappa shape index (κ3) is 3.38. The number of nitrogens with zero attached hydrogens (tertiary/aromatic N) is 1. The first-order chi connectivity index (χ1) is 9.70. The van der Waals surface area contributed by atoms with Gasteiger partial charge in [-0.05, 0) is 31.9 Å². The molecule has 1 amide bonds. The first-order valence-electron chi connectivity index (χ1n) is 7.35. The van der Waals surface area contributed by atoms with E-state index in [0.29, 0.717) is 13.0 Å². The van der Waals surface area contributed by atoms with Crippen molar-refractivity contribution in [3.63, 3.8) is 0 Å². The summed E-state index contributed by atoms with van der Waals surface area (Å²) in [6.45, 7) is 5.15. The van der Waals surface area contributed by atoms with E-state index in [4.69, 9.17) is 0 Å². The zero-order valence-corrected chi connectivity index (χ0v) is 12.1. The smallest absolute Gasteiger partial charge is 0.227 e. The molecule has 0 aliphatic carbocycles. The molecular formula is C16H24N2O2. The van der Waals surface area contributed by atoms with Crippen LogP contribution < -0.4 is 5.32 Å². The van der Waals surface area contributed by atoms with Crippen LogP contribution >= 0.6 is 0 Å². The van der Waals surface area contributed by atoms with Gasteiger partial charge < -0.3 is 10.4 Å². The average Bonchev–Trinajstić information content (AvgIpc) is 2.85. The number of hydrogen-bond donors (Lipinski definition) is 2. The molecule has 1 atom stereocenters. The summed E-state index contributed by atoms with van der Waals surface area (Å²) in [5.41, 5.74) is 0.850. The molecule has 2 rings (SSSR count). The lowest BCUT2D eigenvalue weighted by Crippen LogP contribution is -2.43. The third-order valence-corrected chi connectivity index (χ3v) is 4.09. The molecule has 2 N–H and O–H groups in total. The number of aliphatic hydroxyl groups excluding tert-OH is 1. The first-order valence-corrected chi connectivity index (χ1v) is 7.35. The van der Waals surface area contributed by atoms with Crippen LogP contribution in [0.3, 0.4) is 0 Å². The van der Waals surface area contributed by atoms with Crippen molar-refractivity contribution in [2.24, 2.45) is 5.41 Å². The maximum Gasteiger partial charge on any atom is 0.227 e. The summed E-state index contributed by atoms with van der Waals surface area (Å²) in [4.78, 5) is 14.6. The number of likely N-dealkylation sites (tertiary alicyclic amines) is 1. The van der Waals surface area contributed by atoms with Crippen molar-refractivity contribution >= 4 is 5.91 Å². The Labute approximate surface area is 120 Å². The van der Waals surface area contributed by atoms with Gasteiger partial charge in [0.05, 0.1) is 5.41 Å². The predicted molar refractivity (Wildman–Crippen MR) is 79.2 cm³/mol. The molecule has 4 nitrogen and oxygen atoms in total. The second-order valence-electron chi connectivity index (χ2n) is 5.56. The van der Waals surface area contributed by atoms with E-state index in [1.807, 2.05) is 25.1 Å². The number of amides is 1. The summed E-state index contributed by atoms with van der Waals surface area (Å²) in [6.07, 6.45) is 1.37. The van der Waals surface area contributed by atoms with Gasteiger partial charge in [-0.3, -0.25) is 9.69 Å². The van der Waals surface area contributed by atoms with Crippen molar-refractivity contribution in [2.45, 2.75) is 26.3 Å². The van der Waals surface area contributed by atoms with Gasteiger partial charge in [0.25, 0.3) is 0 Å². The Kier molecular flexibility index (Phi) is 5.15. The van der Waals surface area contributed by atoms with Crippen LogP contribution in [0.5, 0.6) is 0 Å². The molecule has 1 saturated heterocycles. The Morgan fingerprint density at radius 2 is 2.15 bits per heavy atom. The van der Waals surface area contributed by atoms with Gasteiger partial charge in [0, 0.05) is 26.2 Å². The topological polar surface area (TPSA) is 52.6 Å². The number of carbonyl (C=O) groups excluding carboxylic acids is 1. The Bertz CT molecular complexity index is 435. The summed E-state index contributed by atoms with van der Waals surface area (Å²) in [5, 5.41) is 12.2. The maximum absolute atomic E-state index is 12.3. The normalized spacial score (nSPS) is 22.9. The Morgan fingerprint density at radius 3 is 2.80 bits per heavy atom. The molecule has 1 unspecified atom stereocenters. The number of benzene rings is 1. The zero-order valence-electron chi connectivity index (χ0n) is 12.1. The Balaban J connectivity index is 2.02. The van der Waals surface area contributed by atoms with Gasteiger partial charge >= 0.3 is 0 Å². The summed E-state index contributed by atoms with van der Waals surface area (Å²) in [6, 6.07) is 10.3. The van der Waals surface area contributed by atoms with Crippen molar-refractivity contribution in [2.75, 3.05) is 26.2 Å². The molecule has 1 fully saturated rings. The Morgan fingerprint density at radius 1 is 1.40 bits per heavy atom. The first kappa shape index (κ1) is 15.0. The molecule has 0 aromatic heterocycles. The molecule has 110 valence electrons. The molecule has 1 aromatic carbocycles. The number of hydrogen-bond acceptors (Lipinski definition) is 3. The molecule has 4 heteroatoms. The van der Waals surface area contributed by atoms with Gasteiger partial charge in [-0.2, -0.15) is 0 Å². The lowest BCUT2D eigenvalue weighted by Gasteiger charge is -2.27. The molecule has 0 spiro atoms. The van der Waals surface area contributed by atoms with E-state index in [0.717, 1.165) is 26.1 Å². The largest absolute Gasteiger partial charge is 0.396 e. The number of nitrogens with one attached hydrogen (secondary N) is 1. The number of rotatable bonds is 6. The van der Waals surface area contributed by atoms with E-state index in [9.17, 15) is 9.90 Å². The van der Waals surface area contributed by atoms with E-state index in [-0.39, 0.29) is 12.5 Å². The highest BCUT2D eigenvalue weighted by atomic mass is 16.3. The van der Waals surface area contributed by atoms with Crippen LogP contribution in [0, 0.1) is 5.41 Å². The van der Waals surface area contributed by atoms with Crippen LogP contribution in [0.4, 0.5) is 0 Å². The number of carbonyl (C=O) groups is 1. The molecule has 1 aliphatic rings. The molecule has 0 bridgehead atoms. The quantitative estimate of drug-likeness (QED) is 0.826. The summed E-state index contributed by atoms with van der Waals surface area (Å²) < 4.78 is 0. The van der Waals surface area contributed by atoms with Gasteiger partial charge in [0.1, 0.15) is 0 Å². The minimum absolute atomic E-state index is 0.0658. The van der Waals surface area contributed by atoms with Gasteiger partial charge in [-0.1, -0.05) is 30.3 Å². The van der Waals surface area contributed by atoms with Crippen LogP contribution in [0.2, 0.25) is 0 Å². The molecule has 1 aliphatic heterocycles. The monoisotopic (exact) mass is 276 g/mol. The maximum atomic E-state index is 12.3. The molecule has 1 aromatic rings. The minimum Gasteiger partial charge on any atom is -0.396 e. The van der Waals surface area contributed by atoms with E-state index in [2.05, 4.69) is 22.3 Å². The predicted octanol–water partition coefficient (Wildman–Crippen LogP) is 1.40. The van der Waals surface area contributed by atoms with Crippen molar-refractivity contribution in [1.82, 2.24) is 10.2 Å². The second-order valence-corrected chi connectivity index (χ2v) is 5.56. The van der Waals surface area contributed by atoms with Crippen molar-refractivity contribution in [3.05, 3.63) is 35.9 Å². The molecule has 20 heavy (non-hydrogen) atoms. The average molecular weight is 276 g/mol. The number of aliphatic hydroxyl groups is 1. The van der Waals surface area contributed by atoms with Crippen LogP contribution in [-0.4, -0.2) is 42.2 Å². The van der Waals surface area contributed by atoms with Crippen LogP contribution in [0.15, 0.2) is 30.3 Å². The fraction of sp³-hybridized carbons (Fsp3) is 0.562. The fourth-order valence-electron chi connectivity index (χ4n) is 3.00. The van der Waals surface area contributed by atoms with E-state index >= 15 is 0 Å². The lowest BCUT2D eigenvalue weighted by atomic mass is 9.82. The van der Waals surface area contributed by atoms with Gasteiger partial charge in [0.2, 0.25) is 5.91 Å². The van der Waals surface area contributed by atoms with Crippen molar-refractivity contribution < 1.29 is 9.90 Å². The van der Waals surface area contributed by atoms with Crippen molar-refractivity contribution in [1.29, 1.82) is 0 Å². The summed E-state index contributed by atoms with van der Waals surface area (Å²) in [7, 11) is 0. The minimum atomic E-state index is -0.417. The van der Waals surface area contributed by atoms with Crippen molar-refractivity contribution in [3.8, 4) is 0 Å². The standard InChI is InChI=1S/C16H24N2O2/c1-2-17-15(20)16(9-11-19)8-10-18(13-16)12-14-6-4-3-5-7-14/h3-7,19H,2,8-13H2,1H3,(H,17,20). The zero-order chi connectivity index (χ0) is 14.4. The van der Waals surface area contributed by atoms with Gasteiger partial charge in [-0.25, -0.2) is 0 Å². The SMILES string of the molecule is CCNC(=O)C1(CCO)CCN(Cc2ccccc2)C1. The van der Waals surface area contributed by atoms with E-state index in [1.54, 1.807) is 0 Å². The highest BCUT2D eigenvalue weighted by Crippen LogP contribution is 2.34. The molecule has 0 radical (unpaired) electrons. The van der Waals surface area contributed by atoms with E-state index < -0.39 is 5.41 Å². The molecule has 0 saturated carbocycles. The van der Waals surface area contributed by atoms with Gasteiger partial charge in [0.15, 0.2) is 0 Å². The highest BCUT2D eigenvalue weighted by Gasteiger charge is 2.43. The molecule has 1 heterocycles. The lowest BCUT2D eigenvalue weighted by molar-refractivity contribution is -0.131. The third-order valence-electron chi connectivity index (χ3n) is 4.09. The highest BCUT2D eigenvalue weighted by molar-refractivity contribution is 5.83. The van der Waals surface area contributed by atoms with Crippen LogP contribution in [0.25, 0.3) is 0 Å². The fourth-order valence-corrected chi connectivity index (χ4v) is 3.00.